The van der Waals surface area contributed by atoms with Crippen LogP contribution in [0.25, 0.3) is 22.0 Å². The van der Waals surface area contributed by atoms with Crippen molar-refractivity contribution < 1.29 is 31.1 Å². The highest BCUT2D eigenvalue weighted by Gasteiger charge is 2.31. The van der Waals surface area contributed by atoms with Crippen molar-refractivity contribution in [1.29, 1.82) is 0 Å². The van der Waals surface area contributed by atoms with E-state index in [0.717, 1.165) is 19.1 Å². The third-order valence-corrected chi connectivity index (χ3v) is 5.54. The van der Waals surface area contributed by atoms with Gasteiger partial charge >= 0.3 is 6.18 Å². The maximum Gasteiger partial charge on any atom is 0.416 e. The van der Waals surface area contributed by atoms with Gasteiger partial charge in [0, 0.05) is 24.1 Å². The van der Waals surface area contributed by atoms with E-state index in [0.29, 0.717) is 22.0 Å². The lowest BCUT2D eigenvalue weighted by atomic mass is 10.0. The number of benzene rings is 2. The van der Waals surface area contributed by atoms with Crippen molar-refractivity contribution in [3.05, 3.63) is 54.2 Å². The molecular formula is C19H15F3N2O4S. The maximum atomic E-state index is 13.0. The van der Waals surface area contributed by atoms with Crippen LogP contribution in [-0.2, 0) is 21.0 Å². The van der Waals surface area contributed by atoms with Crippen molar-refractivity contribution in [2.45, 2.75) is 18.0 Å². The van der Waals surface area contributed by atoms with Crippen molar-refractivity contribution in [2.24, 2.45) is 0 Å². The minimum atomic E-state index is -4.52. The van der Waals surface area contributed by atoms with E-state index < -0.39 is 27.7 Å². The van der Waals surface area contributed by atoms with E-state index in [1.54, 1.807) is 6.07 Å². The summed E-state index contributed by atoms with van der Waals surface area (Å²) < 4.78 is 70.3. The highest BCUT2D eigenvalue weighted by Crippen LogP contribution is 2.38. The van der Waals surface area contributed by atoms with Crippen molar-refractivity contribution in [1.82, 2.24) is 9.71 Å². The summed E-state index contributed by atoms with van der Waals surface area (Å²) >= 11 is 0. The van der Waals surface area contributed by atoms with Crippen LogP contribution < -0.4 is 9.46 Å². The number of amides is 1. The van der Waals surface area contributed by atoms with E-state index in [9.17, 15) is 26.4 Å². The number of hydrogen-bond donors (Lipinski definition) is 1. The van der Waals surface area contributed by atoms with Gasteiger partial charge in [0.1, 0.15) is 5.75 Å². The number of carbonyl (C=O) groups excluding carboxylic acids is 1. The third kappa shape index (κ3) is 4.16. The fraction of sp³-hybridized carbons (Fsp3) is 0.158. The number of nitrogens with zero attached hydrogens (tertiary/aromatic N) is 1. The molecule has 0 unspecified atom stereocenters. The summed E-state index contributed by atoms with van der Waals surface area (Å²) in [7, 11) is -2.78. The summed E-state index contributed by atoms with van der Waals surface area (Å²) in [5.41, 5.74) is -0.206. The summed E-state index contributed by atoms with van der Waals surface area (Å²) in [4.78, 5) is 15.2. The molecule has 0 saturated carbocycles. The van der Waals surface area contributed by atoms with Crippen LogP contribution in [0.3, 0.4) is 0 Å². The zero-order valence-electron chi connectivity index (χ0n) is 15.2. The van der Waals surface area contributed by atoms with E-state index in [2.05, 4.69) is 4.98 Å². The first-order valence-corrected chi connectivity index (χ1v) is 9.69. The second-order valence-corrected chi connectivity index (χ2v) is 7.80. The van der Waals surface area contributed by atoms with Crippen LogP contribution >= 0.6 is 0 Å². The fourth-order valence-corrected chi connectivity index (χ4v) is 3.87. The molecule has 1 aromatic heterocycles. The summed E-state index contributed by atoms with van der Waals surface area (Å²) in [5.74, 6) is -0.746. The second kappa shape index (κ2) is 7.36. The van der Waals surface area contributed by atoms with E-state index >= 15 is 0 Å². The number of fused-ring (bicyclic) bond motifs is 1. The Bertz CT molecular complexity index is 1210. The van der Waals surface area contributed by atoms with Crippen LogP contribution in [0.15, 0.2) is 53.6 Å². The Morgan fingerprint density at radius 3 is 2.45 bits per heavy atom. The molecule has 152 valence electrons. The normalized spacial score (nSPS) is 12.0. The largest absolute Gasteiger partial charge is 0.496 e. The first kappa shape index (κ1) is 20.6. The Morgan fingerprint density at radius 2 is 1.83 bits per heavy atom. The van der Waals surface area contributed by atoms with Gasteiger partial charge in [-0.15, -0.1) is 0 Å². The van der Waals surface area contributed by atoms with E-state index in [4.69, 9.17) is 4.74 Å². The van der Waals surface area contributed by atoms with Gasteiger partial charge in [0.2, 0.25) is 5.91 Å². The van der Waals surface area contributed by atoms with E-state index in [1.807, 2.05) is 4.72 Å². The lowest BCUT2D eigenvalue weighted by molar-refractivity contribution is -0.137. The van der Waals surface area contributed by atoms with Crippen LogP contribution in [0, 0.1) is 0 Å². The Morgan fingerprint density at radius 1 is 1.10 bits per heavy atom. The number of ether oxygens (including phenoxy) is 1. The number of rotatable bonds is 4. The lowest BCUT2D eigenvalue weighted by Gasteiger charge is -2.14. The van der Waals surface area contributed by atoms with Gasteiger partial charge in [-0.25, -0.2) is 13.1 Å². The molecule has 3 rings (SSSR count). The quantitative estimate of drug-likeness (QED) is 0.690. The molecule has 0 aliphatic heterocycles. The number of sulfonamides is 1. The molecule has 6 nitrogen and oxygen atoms in total. The Kier molecular flexibility index (Phi) is 5.22. The predicted octanol–water partition coefficient (Wildman–Crippen LogP) is 3.75. The molecular weight excluding hydrogens is 409 g/mol. The minimum Gasteiger partial charge on any atom is -0.496 e. The second-order valence-electron chi connectivity index (χ2n) is 6.12. The molecule has 0 radical (unpaired) electrons. The molecule has 0 saturated heterocycles. The van der Waals surface area contributed by atoms with Crippen molar-refractivity contribution >= 4 is 26.7 Å². The van der Waals surface area contributed by atoms with Crippen molar-refractivity contribution in [3.63, 3.8) is 0 Å². The maximum absolute atomic E-state index is 13.0. The SMILES string of the molecule is COc1cc(C(F)(F)F)ccc1-c1nccc2cc(S(=O)(=O)NC(C)=O)ccc12. The average molecular weight is 424 g/mol. The van der Waals surface area contributed by atoms with E-state index in [-0.39, 0.29) is 10.6 Å². The van der Waals surface area contributed by atoms with Gasteiger partial charge in [0.15, 0.2) is 0 Å². The van der Waals surface area contributed by atoms with Gasteiger partial charge in [0.25, 0.3) is 10.0 Å². The van der Waals surface area contributed by atoms with E-state index in [1.165, 1.54) is 37.6 Å². The molecule has 2 aromatic carbocycles. The first-order chi connectivity index (χ1) is 13.5. The topological polar surface area (TPSA) is 85.4 Å². The highest BCUT2D eigenvalue weighted by molar-refractivity contribution is 7.90. The van der Waals surface area contributed by atoms with Crippen LogP contribution in [0.2, 0.25) is 0 Å². The number of aromatic nitrogens is 1. The number of carbonyl (C=O) groups is 1. The molecule has 1 amide bonds. The molecule has 10 heteroatoms. The monoisotopic (exact) mass is 424 g/mol. The fourth-order valence-electron chi connectivity index (χ4n) is 2.85. The molecule has 29 heavy (non-hydrogen) atoms. The molecule has 1 heterocycles. The number of halogens is 3. The molecule has 0 aliphatic rings. The third-order valence-electron chi connectivity index (χ3n) is 4.11. The number of alkyl halides is 3. The zero-order chi connectivity index (χ0) is 21.4. The summed E-state index contributed by atoms with van der Waals surface area (Å²) in [6, 6.07) is 8.73. The molecule has 0 spiro atoms. The smallest absolute Gasteiger partial charge is 0.416 e. The molecule has 1 N–H and O–H groups in total. The molecule has 0 fully saturated rings. The van der Waals surface area contributed by atoms with Crippen molar-refractivity contribution in [3.8, 4) is 17.0 Å². The van der Waals surface area contributed by atoms with Crippen LogP contribution in [0.5, 0.6) is 5.75 Å². The first-order valence-electron chi connectivity index (χ1n) is 8.20. The van der Waals surface area contributed by atoms with Gasteiger partial charge in [-0.05, 0) is 41.8 Å². The summed E-state index contributed by atoms with van der Waals surface area (Å²) in [6.07, 6.45) is -3.12. The van der Waals surface area contributed by atoms with Crippen LogP contribution in [0.4, 0.5) is 13.2 Å². The summed E-state index contributed by atoms with van der Waals surface area (Å²) in [6.45, 7) is 1.08. The average Bonchev–Trinajstić information content (AvgIpc) is 2.64. The van der Waals surface area contributed by atoms with Gasteiger partial charge in [-0.1, -0.05) is 6.07 Å². The molecule has 0 aliphatic carbocycles. The summed E-state index contributed by atoms with van der Waals surface area (Å²) in [5, 5.41) is 0.982. The number of hydrogen-bond acceptors (Lipinski definition) is 5. The predicted molar refractivity (Wildman–Crippen MR) is 99.7 cm³/mol. The Hall–Kier alpha value is -3.14. The Labute approximate surface area is 164 Å². The number of pyridine rings is 1. The lowest BCUT2D eigenvalue weighted by Crippen LogP contribution is -2.28. The van der Waals surface area contributed by atoms with Gasteiger partial charge in [-0.3, -0.25) is 9.78 Å². The minimum absolute atomic E-state index is 0.0187. The van der Waals surface area contributed by atoms with Gasteiger partial charge in [0.05, 0.1) is 23.3 Å². The standard InChI is InChI=1S/C19H15F3N2O4S/c1-11(25)24-29(26,27)14-4-6-15-12(9-14)7-8-23-18(15)16-5-3-13(19(20,21)22)10-17(16)28-2/h3-10H,1-2H3,(H,24,25). The van der Waals surface area contributed by atoms with Gasteiger partial charge in [-0.2, -0.15) is 13.2 Å². The Balaban J connectivity index is 2.16. The highest BCUT2D eigenvalue weighted by atomic mass is 32.2. The molecule has 3 aromatic rings. The zero-order valence-corrected chi connectivity index (χ0v) is 16.1. The van der Waals surface area contributed by atoms with Crippen LogP contribution in [0.1, 0.15) is 12.5 Å². The number of methoxy groups -OCH3 is 1. The van der Waals surface area contributed by atoms with Gasteiger partial charge < -0.3 is 4.74 Å². The van der Waals surface area contributed by atoms with Crippen molar-refractivity contribution in [2.75, 3.05) is 7.11 Å². The number of nitrogens with one attached hydrogen (secondary N) is 1. The van der Waals surface area contributed by atoms with Crippen LogP contribution in [-0.4, -0.2) is 26.4 Å². The molecule has 0 bridgehead atoms. The molecule has 0 atom stereocenters.